The van der Waals surface area contributed by atoms with Crippen molar-refractivity contribution in [3.8, 4) is 11.1 Å². The molecule has 0 aromatic heterocycles. The molecule has 0 radical (unpaired) electrons. The van der Waals surface area contributed by atoms with Crippen molar-refractivity contribution in [2.24, 2.45) is 5.92 Å². The second kappa shape index (κ2) is 6.58. The predicted octanol–water partition coefficient (Wildman–Crippen LogP) is 4.66. The molecule has 104 valence electrons. The summed E-state index contributed by atoms with van der Waals surface area (Å²) in [6.45, 7) is 1.95. The molecule has 1 atom stereocenters. The Bertz CT molecular complexity index is 590. The Balaban J connectivity index is 2.11. The van der Waals surface area contributed by atoms with Gasteiger partial charge in [0.1, 0.15) is 0 Å². The van der Waals surface area contributed by atoms with Crippen molar-refractivity contribution < 1.29 is 9.90 Å². The van der Waals surface area contributed by atoms with E-state index in [1.54, 1.807) is 0 Å². The van der Waals surface area contributed by atoms with Gasteiger partial charge in [0.2, 0.25) is 0 Å². The molecule has 0 aliphatic rings. The fourth-order valence-electron chi connectivity index (χ4n) is 2.29. The van der Waals surface area contributed by atoms with Gasteiger partial charge in [-0.05, 0) is 29.5 Å². The number of rotatable bonds is 5. The van der Waals surface area contributed by atoms with Crippen molar-refractivity contribution in [2.45, 2.75) is 19.8 Å². The minimum Gasteiger partial charge on any atom is -0.481 e. The van der Waals surface area contributed by atoms with Gasteiger partial charge in [0.25, 0.3) is 0 Å². The zero-order valence-electron chi connectivity index (χ0n) is 11.3. The van der Waals surface area contributed by atoms with Gasteiger partial charge in [0.05, 0.1) is 0 Å². The molecule has 3 heteroatoms. The first-order valence-corrected chi connectivity index (χ1v) is 6.99. The van der Waals surface area contributed by atoms with E-state index >= 15 is 0 Å². The minimum absolute atomic E-state index is 0.138. The zero-order chi connectivity index (χ0) is 14.5. The topological polar surface area (TPSA) is 37.3 Å². The second-order valence-corrected chi connectivity index (χ2v) is 5.49. The molecule has 1 N–H and O–H groups in total. The van der Waals surface area contributed by atoms with Crippen LogP contribution in [0.1, 0.15) is 18.9 Å². The molecule has 0 aliphatic carbocycles. The van der Waals surface area contributed by atoms with E-state index in [0.29, 0.717) is 0 Å². The molecule has 0 amide bonds. The maximum atomic E-state index is 10.7. The van der Waals surface area contributed by atoms with E-state index in [2.05, 4.69) is 0 Å². The average molecular weight is 289 g/mol. The SMILES string of the molecule is CC(CC(=O)O)Cc1ccc(-c2ccccc2Cl)cc1. The smallest absolute Gasteiger partial charge is 0.303 e. The van der Waals surface area contributed by atoms with Crippen molar-refractivity contribution in [1.82, 2.24) is 0 Å². The fraction of sp³-hybridized carbons (Fsp3) is 0.235. The van der Waals surface area contributed by atoms with Crippen LogP contribution in [0.25, 0.3) is 11.1 Å². The first-order chi connectivity index (χ1) is 9.56. The van der Waals surface area contributed by atoms with Crippen LogP contribution in [-0.2, 0) is 11.2 Å². The van der Waals surface area contributed by atoms with Crippen molar-refractivity contribution in [2.75, 3.05) is 0 Å². The van der Waals surface area contributed by atoms with Crippen molar-refractivity contribution in [1.29, 1.82) is 0 Å². The van der Waals surface area contributed by atoms with E-state index in [9.17, 15) is 4.79 Å². The van der Waals surface area contributed by atoms with Crippen LogP contribution in [0, 0.1) is 5.92 Å². The third kappa shape index (κ3) is 3.84. The second-order valence-electron chi connectivity index (χ2n) is 5.08. The molecule has 0 fully saturated rings. The van der Waals surface area contributed by atoms with E-state index in [1.807, 2.05) is 55.5 Å². The zero-order valence-corrected chi connectivity index (χ0v) is 12.1. The molecule has 0 spiro atoms. The molecule has 2 aromatic carbocycles. The van der Waals surface area contributed by atoms with Gasteiger partial charge in [-0.2, -0.15) is 0 Å². The maximum absolute atomic E-state index is 10.7. The monoisotopic (exact) mass is 288 g/mol. The van der Waals surface area contributed by atoms with Crippen molar-refractivity contribution >= 4 is 17.6 Å². The standard InChI is InChI=1S/C17H17ClO2/c1-12(11-17(19)20)10-13-6-8-14(9-7-13)15-4-2-3-5-16(15)18/h2-9,12H,10-11H2,1H3,(H,19,20). The van der Waals surface area contributed by atoms with E-state index in [1.165, 1.54) is 0 Å². The Morgan fingerprint density at radius 1 is 1.15 bits per heavy atom. The Labute approximate surface area is 124 Å². The molecule has 2 aromatic rings. The van der Waals surface area contributed by atoms with Gasteiger partial charge in [-0.25, -0.2) is 0 Å². The lowest BCUT2D eigenvalue weighted by atomic mass is 9.96. The summed E-state index contributed by atoms with van der Waals surface area (Å²) in [4.78, 5) is 10.7. The number of aliphatic carboxylic acids is 1. The van der Waals surface area contributed by atoms with Gasteiger partial charge < -0.3 is 5.11 Å². The van der Waals surface area contributed by atoms with E-state index < -0.39 is 5.97 Å². The summed E-state index contributed by atoms with van der Waals surface area (Å²) >= 11 is 6.17. The van der Waals surface area contributed by atoms with Crippen LogP contribution in [0.2, 0.25) is 5.02 Å². The van der Waals surface area contributed by atoms with Crippen molar-refractivity contribution in [3.63, 3.8) is 0 Å². The molecule has 1 unspecified atom stereocenters. The lowest BCUT2D eigenvalue weighted by molar-refractivity contribution is -0.137. The van der Waals surface area contributed by atoms with Gasteiger partial charge in [-0.3, -0.25) is 4.79 Å². The summed E-state index contributed by atoms with van der Waals surface area (Å²) in [7, 11) is 0. The Morgan fingerprint density at radius 2 is 1.80 bits per heavy atom. The number of hydrogen-bond donors (Lipinski definition) is 1. The fourth-order valence-corrected chi connectivity index (χ4v) is 2.53. The molecule has 20 heavy (non-hydrogen) atoms. The van der Waals surface area contributed by atoms with Crippen LogP contribution < -0.4 is 0 Å². The summed E-state index contributed by atoms with van der Waals surface area (Å²) in [5.74, 6) is -0.608. The number of halogens is 1. The molecule has 0 bridgehead atoms. The summed E-state index contributed by atoms with van der Waals surface area (Å²) in [5, 5.41) is 9.51. The first kappa shape index (κ1) is 14.6. The van der Waals surface area contributed by atoms with Crippen LogP contribution in [0.4, 0.5) is 0 Å². The minimum atomic E-state index is -0.745. The number of benzene rings is 2. The molecule has 2 nitrogen and oxygen atoms in total. The predicted molar refractivity (Wildman–Crippen MR) is 82.0 cm³/mol. The Morgan fingerprint density at radius 3 is 2.40 bits per heavy atom. The van der Waals surface area contributed by atoms with E-state index in [0.717, 1.165) is 28.1 Å². The lowest BCUT2D eigenvalue weighted by Gasteiger charge is -2.10. The highest BCUT2D eigenvalue weighted by Gasteiger charge is 2.09. The van der Waals surface area contributed by atoms with Crippen LogP contribution in [0.3, 0.4) is 0 Å². The van der Waals surface area contributed by atoms with Crippen molar-refractivity contribution in [3.05, 3.63) is 59.1 Å². The number of carbonyl (C=O) groups is 1. The molecule has 2 rings (SSSR count). The Kier molecular flexibility index (Phi) is 4.80. The first-order valence-electron chi connectivity index (χ1n) is 6.62. The van der Waals surface area contributed by atoms with Gasteiger partial charge in [0, 0.05) is 17.0 Å². The summed E-state index contributed by atoms with van der Waals surface area (Å²) < 4.78 is 0. The lowest BCUT2D eigenvalue weighted by Crippen LogP contribution is -2.06. The largest absolute Gasteiger partial charge is 0.481 e. The summed E-state index contributed by atoms with van der Waals surface area (Å²) in [6.07, 6.45) is 0.974. The van der Waals surface area contributed by atoms with Crippen LogP contribution in [0.15, 0.2) is 48.5 Å². The third-order valence-electron chi connectivity index (χ3n) is 3.25. The number of carboxylic acids is 1. The Hall–Kier alpha value is -1.80. The maximum Gasteiger partial charge on any atom is 0.303 e. The van der Waals surface area contributed by atoms with E-state index in [4.69, 9.17) is 16.7 Å². The highest BCUT2D eigenvalue weighted by atomic mass is 35.5. The molecule has 0 saturated heterocycles. The number of hydrogen-bond acceptors (Lipinski definition) is 1. The highest BCUT2D eigenvalue weighted by Crippen LogP contribution is 2.28. The van der Waals surface area contributed by atoms with Crippen LogP contribution >= 0.6 is 11.6 Å². The van der Waals surface area contributed by atoms with Crippen LogP contribution in [-0.4, -0.2) is 11.1 Å². The molecule has 0 saturated carbocycles. The van der Waals surface area contributed by atoms with Gasteiger partial charge in [-0.1, -0.05) is 61.0 Å². The summed E-state index contributed by atoms with van der Waals surface area (Å²) in [6, 6.07) is 15.9. The molecule has 0 heterocycles. The van der Waals surface area contributed by atoms with Crippen LogP contribution in [0.5, 0.6) is 0 Å². The average Bonchev–Trinajstić information content (AvgIpc) is 2.39. The molecular formula is C17H17ClO2. The summed E-state index contributed by atoms with van der Waals surface area (Å²) in [5.41, 5.74) is 3.24. The quantitative estimate of drug-likeness (QED) is 0.869. The highest BCUT2D eigenvalue weighted by molar-refractivity contribution is 6.33. The number of carboxylic acid groups (broad SMARTS) is 1. The van der Waals surface area contributed by atoms with Gasteiger partial charge >= 0.3 is 5.97 Å². The molecule has 0 aliphatic heterocycles. The van der Waals surface area contributed by atoms with Gasteiger partial charge in [0.15, 0.2) is 0 Å². The third-order valence-corrected chi connectivity index (χ3v) is 3.58. The van der Waals surface area contributed by atoms with Gasteiger partial charge in [-0.15, -0.1) is 0 Å². The van der Waals surface area contributed by atoms with E-state index in [-0.39, 0.29) is 12.3 Å². The normalized spacial score (nSPS) is 12.1. The molecular weight excluding hydrogens is 272 g/mol.